The molecule has 0 aromatic rings. The third-order valence-corrected chi connectivity index (χ3v) is 4.35. The maximum Gasteiger partial charge on any atom is 0.00796 e. The maximum absolute atomic E-state index is 3.53. The Labute approximate surface area is 99.2 Å². The van der Waals surface area contributed by atoms with Gasteiger partial charge in [0.1, 0.15) is 0 Å². The van der Waals surface area contributed by atoms with Crippen LogP contribution in [0.25, 0.3) is 0 Å². The van der Waals surface area contributed by atoms with Crippen molar-refractivity contribution in [2.24, 2.45) is 5.92 Å². The Hall–Kier alpha value is 0.270. The zero-order valence-corrected chi connectivity index (χ0v) is 11.4. The number of nitrogens with one attached hydrogen (secondary N) is 1. The van der Waals surface area contributed by atoms with Gasteiger partial charge in [-0.3, -0.25) is 0 Å². The van der Waals surface area contributed by atoms with Gasteiger partial charge in [-0.05, 0) is 58.2 Å². The standard InChI is InChI=1S/C12H26N2S/c1-10(6-8-15-4)14(3)9-12-5-7-13-11(12)2/h10-13H,5-9H2,1-4H3. The van der Waals surface area contributed by atoms with Crippen molar-refractivity contribution < 1.29 is 0 Å². The third-order valence-electron chi connectivity index (χ3n) is 3.70. The number of rotatable bonds is 6. The van der Waals surface area contributed by atoms with E-state index in [-0.39, 0.29) is 0 Å². The fourth-order valence-electron chi connectivity index (χ4n) is 2.22. The minimum atomic E-state index is 0.709. The van der Waals surface area contributed by atoms with Crippen LogP contribution in [0.3, 0.4) is 0 Å². The first-order chi connectivity index (χ1) is 7.15. The molecule has 1 aliphatic rings. The third kappa shape index (κ3) is 4.33. The highest BCUT2D eigenvalue weighted by Gasteiger charge is 2.24. The van der Waals surface area contributed by atoms with Crippen molar-refractivity contribution >= 4 is 11.8 Å². The van der Waals surface area contributed by atoms with E-state index in [0.29, 0.717) is 6.04 Å². The Morgan fingerprint density at radius 3 is 2.80 bits per heavy atom. The summed E-state index contributed by atoms with van der Waals surface area (Å²) in [5, 5.41) is 3.53. The molecule has 0 bridgehead atoms. The van der Waals surface area contributed by atoms with E-state index in [1.807, 2.05) is 11.8 Å². The average Bonchev–Trinajstić information content (AvgIpc) is 2.61. The Bertz CT molecular complexity index is 175. The summed E-state index contributed by atoms with van der Waals surface area (Å²) in [6.07, 6.45) is 4.85. The Morgan fingerprint density at radius 2 is 2.27 bits per heavy atom. The molecular formula is C12H26N2S. The zero-order chi connectivity index (χ0) is 11.3. The molecule has 0 aromatic carbocycles. The predicted octanol–water partition coefficient (Wildman–Crippen LogP) is 2.06. The van der Waals surface area contributed by atoms with Gasteiger partial charge >= 0.3 is 0 Å². The summed E-state index contributed by atoms with van der Waals surface area (Å²) >= 11 is 1.95. The van der Waals surface area contributed by atoms with Crippen molar-refractivity contribution in [1.29, 1.82) is 0 Å². The van der Waals surface area contributed by atoms with Crippen LogP contribution in [0, 0.1) is 5.92 Å². The molecule has 90 valence electrons. The van der Waals surface area contributed by atoms with E-state index >= 15 is 0 Å². The molecule has 0 aromatic heterocycles. The van der Waals surface area contributed by atoms with Gasteiger partial charge in [0.2, 0.25) is 0 Å². The average molecular weight is 230 g/mol. The molecule has 0 amide bonds. The molecule has 1 rings (SSSR count). The summed E-state index contributed by atoms with van der Waals surface area (Å²) in [6, 6.07) is 1.44. The van der Waals surface area contributed by atoms with E-state index in [0.717, 1.165) is 12.0 Å². The molecule has 0 saturated carbocycles. The first-order valence-electron chi connectivity index (χ1n) is 6.07. The summed E-state index contributed by atoms with van der Waals surface area (Å²) < 4.78 is 0. The molecule has 3 unspecified atom stereocenters. The monoisotopic (exact) mass is 230 g/mol. The molecule has 3 heteroatoms. The summed E-state index contributed by atoms with van der Waals surface area (Å²) in [5.41, 5.74) is 0. The summed E-state index contributed by atoms with van der Waals surface area (Å²) in [6.45, 7) is 7.13. The molecule has 1 N–H and O–H groups in total. The van der Waals surface area contributed by atoms with E-state index in [4.69, 9.17) is 0 Å². The molecule has 15 heavy (non-hydrogen) atoms. The fraction of sp³-hybridized carbons (Fsp3) is 1.00. The van der Waals surface area contributed by atoms with Crippen LogP contribution in [0.2, 0.25) is 0 Å². The number of thioether (sulfide) groups is 1. The van der Waals surface area contributed by atoms with Gasteiger partial charge in [-0.25, -0.2) is 0 Å². The lowest BCUT2D eigenvalue weighted by Crippen LogP contribution is -2.37. The molecule has 0 aliphatic carbocycles. The van der Waals surface area contributed by atoms with Crippen LogP contribution in [0.1, 0.15) is 26.7 Å². The van der Waals surface area contributed by atoms with Crippen LogP contribution in [0.5, 0.6) is 0 Å². The second kappa shape index (κ2) is 6.77. The van der Waals surface area contributed by atoms with E-state index in [2.05, 4.69) is 37.4 Å². The quantitative estimate of drug-likeness (QED) is 0.752. The van der Waals surface area contributed by atoms with E-state index in [1.54, 1.807) is 0 Å². The lowest BCUT2D eigenvalue weighted by Gasteiger charge is -2.28. The highest BCUT2D eigenvalue weighted by Crippen LogP contribution is 2.17. The molecule has 0 radical (unpaired) electrons. The van der Waals surface area contributed by atoms with Gasteiger partial charge in [-0.2, -0.15) is 11.8 Å². The number of hydrogen-bond acceptors (Lipinski definition) is 3. The zero-order valence-electron chi connectivity index (χ0n) is 10.6. The molecule has 3 atom stereocenters. The lowest BCUT2D eigenvalue weighted by molar-refractivity contribution is 0.208. The molecule has 0 spiro atoms. The first kappa shape index (κ1) is 13.3. The fourth-order valence-corrected chi connectivity index (χ4v) is 2.80. The number of nitrogens with zero attached hydrogens (tertiary/aromatic N) is 1. The van der Waals surface area contributed by atoms with Gasteiger partial charge < -0.3 is 10.2 Å². The Morgan fingerprint density at radius 1 is 1.53 bits per heavy atom. The summed E-state index contributed by atoms with van der Waals surface area (Å²) in [5.74, 6) is 2.14. The van der Waals surface area contributed by atoms with Crippen LogP contribution in [-0.4, -0.2) is 49.1 Å². The predicted molar refractivity (Wildman–Crippen MR) is 70.7 cm³/mol. The topological polar surface area (TPSA) is 15.3 Å². The van der Waals surface area contributed by atoms with Gasteiger partial charge in [-0.15, -0.1) is 0 Å². The van der Waals surface area contributed by atoms with Gasteiger partial charge in [-0.1, -0.05) is 0 Å². The maximum atomic E-state index is 3.53. The van der Waals surface area contributed by atoms with Crippen molar-refractivity contribution in [3.63, 3.8) is 0 Å². The van der Waals surface area contributed by atoms with Crippen molar-refractivity contribution in [2.45, 2.75) is 38.8 Å². The van der Waals surface area contributed by atoms with E-state index < -0.39 is 0 Å². The van der Waals surface area contributed by atoms with Crippen LogP contribution in [0.15, 0.2) is 0 Å². The molecule has 1 saturated heterocycles. The van der Waals surface area contributed by atoms with Gasteiger partial charge in [0.25, 0.3) is 0 Å². The van der Waals surface area contributed by atoms with Gasteiger partial charge in [0.15, 0.2) is 0 Å². The Balaban J connectivity index is 2.24. The smallest absolute Gasteiger partial charge is 0.00796 e. The normalized spacial score (nSPS) is 28.6. The van der Waals surface area contributed by atoms with Crippen molar-refractivity contribution in [2.75, 3.05) is 32.1 Å². The van der Waals surface area contributed by atoms with E-state index in [1.165, 1.54) is 31.7 Å². The van der Waals surface area contributed by atoms with Crippen molar-refractivity contribution in [1.82, 2.24) is 10.2 Å². The van der Waals surface area contributed by atoms with Gasteiger partial charge in [0.05, 0.1) is 0 Å². The van der Waals surface area contributed by atoms with E-state index in [9.17, 15) is 0 Å². The molecule has 1 aliphatic heterocycles. The lowest BCUT2D eigenvalue weighted by atomic mass is 10.0. The minimum Gasteiger partial charge on any atom is -0.314 e. The van der Waals surface area contributed by atoms with Crippen molar-refractivity contribution in [3.8, 4) is 0 Å². The second-order valence-corrected chi connectivity index (χ2v) is 5.85. The molecule has 2 nitrogen and oxygen atoms in total. The number of hydrogen-bond donors (Lipinski definition) is 1. The van der Waals surface area contributed by atoms with Crippen LogP contribution >= 0.6 is 11.8 Å². The van der Waals surface area contributed by atoms with Crippen LogP contribution in [0.4, 0.5) is 0 Å². The second-order valence-electron chi connectivity index (χ2n) is 4.86. The summed E-state index contributed by atoms with van der Waals surface area (Å²) in [4.78, 5) is 2.53. The molecular weight excluding hydrogens is 204 g/mol. The molecule has 1 heterocycles. The highest BCUT2D eigenvalue weighted by molar-refractivity contribution is 7.98. The summed E-state index contributed by atoms with van der Waals surface area (Å²) in [7, 11) is 2.27. The van der Waals surface area contributed by atoms with Crippen LogP contribution in [-0.2, 0) is 0 Å². The minimum absolute atomic E-state index is 0.709. The van der Waals surface area contributed by atoms with Crippen molar-refractivity contribution in [3.05, 3.63) is 0 Å². The van der Waals surface area contributed by atoms with Gasteiger partial charge in [0, 0.05) is 18.6 Å². The first-order valence-corrected chi connectivity index (χ1v) is 7.47. The highest BCUT2D eigenvalue weighted by atomic mass is 32.2. The Kier molecular flexibility index (Phi) is 6.02. The SMILES string of the molecule is CSCCC(C)N(C)CC1CCNC1C. The van der Waals surface area contributed by atoms with Crippen LogP contribution < -0.4 is 5.32 Å². The molecule has 1 fully saturated rings. The largest absolute Gasteiger partial charge is 0.314 e.